The Kier molecular flexibility index (Phi) is 7.29. The third kappa shape index (κ3) is 3.06. The maximum Gasteiger partial charge on any atom is 3.00 e. The van der Waals surface area contributed by atoms with Crippen molar-refractivity contribution in [1.82, 2.24) is 0 Å². The summed E-state index contributed by atoms with van der Waals surface area (Å²) >= 11 is 0. The third-order valence-electron chi connectivity index (χ3n) is 3.64. The van der Waals surface area contributed by atoms with Gasteiger partial charge in [0.2, 0.25) is 0 Å². The van der Waals surface area contributed by atoms with Crippen LogP contribution in [0, 0.1) is 0 Å². The predicted octanol–water partition coefficient (Wildman–Crippen LogP) is -1.82. The first-order valence-corrected chi connectivity index (χ1v) is 5.97. The summed E-state index contributed by atoms with van der Waals surface area (Å²) in [6.45, 7) is 4.56. The zero-order chi connectivity index (χ0) is 10.4. The molecule has 0 heterocycles. The maximum absolute atomic E-state index is 2.44. The zero-order valence-electron chi connectivity index (χ0n) is 10.8. The van der Waals surface area contributed by atoms with Gasteiger partial charge in [-0.2, -0.15) is 5.56 Å². The first kappa shape index (κ1) is 18.3. The molecule has 0 saturated carbocycles. The van der Waals surface area contributed by atoms with E-state index < -0.39 is 0 Å². The fraction of sp³-hybridized carbons (Fsp3) is 0.400. The van der Waals surface area contributed by atoms with Gasteiger partial charge in [0.05, 0.1) is 0 Å². The fourth-order valence-electron chi connectivity index (χ4n) is 2.80. The maximum atomic E-state index is 2.44. The van der Waals surface area contributed by atoms with E-state index in [1.54, 1.807) is 11.1 Å². The smallest absolute Gasteiger partial charge is 1.00 e. The summed E-state index contributed by atoms with van der Waals surface area (Å²) in [5, 5.41) is 2.94. The zero-order valence-corrected chi connectivity index (χ0v) is 14.7. The molecule has 3 heteroatoms. The number of hydrogen-bond acceptors (Lipinski definition) is 0. The van der Waals surface area contributed by atoms with Gasteiger partial charge >= 0.3 is 26.2 Å². The Bertz CT molecular complexity index is 514. The molecule has 1 radical (unpaired) electrons. The monoisotopic (exact) mass is 357 g/mol. The van der Waals surface area contributed by atoms with Crippen molar-refractivity contribution in [2.75, 3.05) is 0 Å². The van der Waals surface area contributed by atoms with Gasteiger partial charge < -0.3 is 24.8 Å². The molecule has 1 aliphatic rings. The normalized spacial score (nSPS) is 12.6. The molecular formula is C15H17Cl2Zr. The van der Waals surface area contributed by atoms with E-state index in [4.69, 9.17) is 0 Å². The van der Waals surface area contributed by atoms with E-state index in [1.165, 1.54) is 35.6 Å². The topological polar surface area (TPSA) is 0 Å². The first-order chi connectivity index (χ1) is 7.25. The van der Waals surface area contributed by atoms with E-state index in [0.717, 1.165) is 0 Å². The van der Waals surface area contributed by atoms with Crippen LogP contribution in [0.15, 0.2) is 24.3 Å². The second-order valence-electron chi connectivity index (χ2n) is 5.01. The van der Waals surface area contributed by atoms with Crippen LogP contribution in [0.5, 0.6) is 0 Å². The van der Waals surface area contributed by atoms with Crippen LogP contribution in [-0.4, -0.2) is 0 Å². The quantitative estimate of drug-likeness (QED) is 0.526. The van der Waals surface area contributed by atoms with Gasteiger partial charge in [0.1, 0.15) is 0 Å². The molecule has 3 rings (SSSR count). The molecule has 0 spiro atoms. The molecule has 0 aromatic heterocycles. The molecule has 18 heavy (non-hydrogen) atoms. The Balaban J connectivity index is 0.000000963. The van der Waals surface area contributed by atoms with Gasteiger partial charge in [-0.1, -0.05) is 30.9 Å². The number of benzene rings is 1. The van der Waals surface area contributed by atoms with E-state index >= 15 is 0 Å². The minimum absolute atomic E-state index is 0. The Hall–Kier alpha value is 0.293. The Morgan fingerprint density at radius 2 is 1.67 bits per heavy atom. The van der Waals surface area contributed by atoms with Crippen LogP contribution in [0.3, 0.4) is 0 Å². The van der Waals surface area contributed by atoms with Gasteiger partial charge in [-0.25, -0.2) is 0 Å². The van der Waals surface area contributed by atoms with Crippen molar-refractivity contribution in [2.24, 2.45) is 0 Å². The summed E-state index contributed by atoms with van der Waals surface area (Å²) in [4.78, 5) is 0. The molecule has 0 aliphatic heterocycles. The first-order valence-electron chi connectivity index (χ1n) is 5.97. The minimum Gasteiger partial charge on any atom is -1.00 e. The number of fused-ring (bicyclic) bond motifs is 2. The molecule has 0 amide bonds. The summed E-state index contributed by atoms with van der Waals surface area (Å²) in [7, 11) is 0. The van der Waals surface area contributed by atoms with Gasteiger partial charge in [0.25, 0.3) is 0 Å². The minimum atomic E-state index is 0. The van der Waals surface area contributed by atoms with Gasteiger partial charge in [-0.15, -0.1) is 35.0 Å². The molecule has 0 atom stereocenters. The predicted molar refractivity (Wildman–Crippen MR) is 65.7 cm³/mol. The van der Waals surface area contributed by atoms with Crippen molar-refractivity contribution >= 4 is 10.8 Å². The molecule has 0 unspecified atom stereocenters. The number of rotatable bonds is 1. The van der Waals surface area contributed by atoms with Crippen LogP contribution >= 0.6 is 0 Å². The van der Waals surface area contributed by atoms with E-state index in [2.05, 4.69) is 38.1 Å². The Morgan fingerprint density at radius 3 is 2.28 bits per heavy atom. The average Bonchev–Trinajstić information content (AvgIpc) is 2.77. The van der Waals surface area contributed by atoms with Gasteiger partial charge in [0, 0.05) is 0 Å². The summed E-state index contributed by atoms with van der Waals surface area (Å²) in [6.07, 6.45) is 3.92. The molecular weight excluding hydrogens is 342 g/mol. The van der Waals surface area contributed by atoms with Crippen molar-refractivity contribution < 1.29 is 51.0 Å². The van der Waals surface area contributed by atoms with E-state index in [0.29, 0.717) is 5.92 Å². The second-order valence-corrected chi connectivity index (χ2v) is 5.01. The summed E-state index contributed by atoms with van der Waals surface area (Å²) in [5.41, 5.74) is 4.69. The average molecular weight is 359 g/mol. The standard InChI is InChI=1S/C15H17.2ClH.Zr/c1-10(2)14-7-6-13-8-11-4-3-5-12(11)9-15(13)14;;;/h6-10H,3-5H2,1-2H3;2*1H;/q-1;;;+3/p-2. The SMILES string of the molecule is CC(C)c1c[cH-]c2cc3c(cc12)CCC3.[Cl-].[Cl-].[Zr+3]. The van der Waals surface area contributed by atoms with Crippen LogP contribution in [0.4, 0.5) is 0 Å². The largest absolute Gasteiger partial charge is 3.00 e. The molecule has 0 bridgehead atoms. The molecule has 2 aromatic rings. The summed E-state index contributed by atoms with van der Waals surface area (Å²) in [6, 6.07) is 9.42. The van der Waals surface area contributed by atoms with Gasteiger partial charge in [-0.3, -0.25) is 0 Å². The van der Waals surface area contributed by atoms with Crippen molar-refractivity contribution in [2.45, 2.75) is 39.0 Å². The Morgan fingerprint density at radius 1 is 1.06 bits per heavy atom. The molecule has 2 aromatic carbocycles. The third-order valence-corrected chi connectivity index (χ3v) is 3.64. The van der Waals surface area contributed by atoms with Crippen LogP contribution in [0.25, 0.3) is 10.8 Å². The molecule has 0 fully saturated rings. The second kappa shape index (κ2) is 7.18. The van der Waals surface area contributed by atoms with Crippen LogP contribution in [-0.2, 0) is 39.0 Å². The van der Waals surface area contributed by atoms with Crippen molar-refractivity contribution in [1.29, 1.82) is 0 Å². The van der Waals surface area contributed by atoms with Crippen molar-refractivity contribution in [3.05, 3.63) is 41.0 Å². The van der Waals surface area contributed by atoms with E-state index in [-0.39, 0.29) is 51.0 Å². The van der Waals surface area contributed by atoms with E-state index in [1.807, 2.05) is 0 Å². The molecule has 1 aliphatic carbocycles. The van der Waals surface area contributed by atoms with E-state index in [9.17, 15) is 0 Å². The molecule has 0 saturated heterocycles. The number of hydrogen-bond donors (Lipinski definition) is 0. The van der Waals surface area contributed by atoms with Gasteiger partial charge in [-0.05, 0) is 19.3 Å². The van der Waals surface area contributed by atoms with Crippen LogP contribution in [0.1, 0.15) is 42.9 Å². The molecule has 95 valence electrons. The molecule has 0 nitrogen and oxygen atoms in total. The Labute approximate surface area is 141 Å². The van der Waals surface area contributed by atoms with Crippen molar-refractivity contribution in [3.8, 4) is 0 Å². The van der Waals surface area contributed by atoms with Crippen LogP contribution in [0.2, 0.25) is 0 Å². The van der Waals surface area contributed by atoms with Crippen molar-refractivity contribution in [3.63, 3.8) is 0 Å². The summed E-state index contributed by atoms with van der Waals surface area (Å²) < 4.78 is 0. The number of aryl methyl sites for hydroxylation is 2. The molecule has 0 N–H and O–H groups in total. The number of halogens is 2. The van der Waals surface area contributed by atoms with Gasteiger partial charge in [0.15, 0.2) is 0 Å². The summed E-state index contributed by atoms with van der Waals surface area (Å²) in [5.74, 6) is 0.641. The fourth-order valence-corrected chi connectivity index (χ4v) is 2.80. The van der Waals surface area contributed by atoms with Crippen LogP contribution < -0.4 is 24.8 Å².